The van der Waals surface area contributed by atoms with E-state index in [9.17, 15) is 26.7 Å². The van der Waals surface area contributed by atoms with E-state index in [1.807, 2.05) is 0 Å². The van der Waals surface area contributed by atoms with Gasteiger partial charge < -0.3 is 0 Å². The molecule has 0 heterocycles. The number of aldehydes is 1. The summed E-state index contributed by atoms with van der Waals surface area (Å²) in [5.41, 5.74) is -2.46. The molecule has 0 saturated carbocycles. The second-order valence-corrected chi connectivity index (χ2v) is 2.48. The summed E-state index contributed by atoms with van der Waals surface area (Å²) in [5, 5.41) is 0. The standard InChI is InChI=1S/C8H3F5O/c9-5-1-4(3-14)2-6(10)7(5)8(11,12)13/h1-3H. The third kappa shape index (κ3) is 1.89. The summed E-state index contributed by atoms with van der Waals surface area (Å²) in [5.74, 6) is -3.58. The van der Waals surface area contributed by atoms with Crippen molar-refractivity contribution in [1.29, 1.82) is 0 Å². The van der Waals surface area contributed by atoms with E-state index >= 15 is 0 Å². The van der Waals surface area contributed by atoms with Crippen molar-refractivity contribution in [2.24, 2.45) is 0 Å². The van der Waals surface area contributed by atoms with Crippen molar-refractivity contribution in [3.8, 4) is 0 Å². The summed E-state index contributed by atoms with van der Waals surface area (Å²) in [6, 6.07) is 0.664. The first-order valence-electron chi connectivity index (χ1n) is 3.37. The number of carbonyl (C=O) groups excluding carboxylic acids is 1. The minimum Gasteiger partial charge on any atom is -0.298 e. The second-order valence-electron chi connectivity index (χ2n) is 2.48. The molecule has 0 saturated heterocycles. The predicted octanol–water partition coefficient (Wildman–Crippen LogP) is 2.80. The van der Waals surface area contributed by atoms with E-state index < -0.39 is 28.9 Å². The Morgan fingerprint density at radius 3 is 1.79 bits per heavy atom. The molecule has 0 bridgehead atoms. The van der Waals surface area contributed by atoms with Gasteiger partial charge in [-0.15, -0.1) is 0 Å². The number of hydrogen-bond donors (Lipinski definition) is 0. The van der Waals surface area contributed by atoms with Crippen LogP contribution in [0.4, 0.5) is 22.0 Å². The highest BCUT2D eigenvalue weighted by atomic mass is 19.4. The Hall–Kier alpha value is -1.46. The summed E-state index contributed by atoms with van der Waals surface area (Å²) in [6.45, 7) is 0. The van der Waals surface area contributed by atoms with Gasteiger partial charge in [-0.25, -0.2) is 8.78 Å². The average Bonchev–Trinajstić information content (AvgIpc) is 1.99. The first-order valence-corrected chi connectivity index (χ1v) is 3.37. The van der Waals surface area contributed by atoms with Crippen LogP contribution in [-0.4, -0.2) is 6.29 Å². The third-order valence-electron chi connectivity index (χ3n) is 1.48. The van der Waals surface area contributed by atoms with Gasteiger partial charge >= 0.3 is 6.18 Å². The average molecular weight is 210 g/mol. The molecule has 0 amide bonds. The van der Waals surface area contributed by atoms with Gasteiger partial charge in [0.2, 0.25) is 0 Å². The number of halogens is 5. The van der Waals surface area contributed by atoms with Gasteiger partial charge in [-0.2, -0.15) is 13.2 Å². The Morgan fingerprint density at radius 1 is 1.07 bits per heavy atom. The molecule has 0 aliphatic carbocycles. The Labute approximate surface area is 75.2 Å². The molecule has 0 spiro atoms. The smallest absolute Gasteiger partial charge is 0.298 e. The van der Waals surface area contributed by atoms with Crippen LogP contribution >= 0.6 is 0 Å². The molecule has 6 heteroatoms. The number of rotatable bonds is 1. The lowest BCUT2D eigenvalue weighted by molar-refractivity contribution is -0.142. The number of hydrogen-bond acceptors (Lipinski definition) is 1. The van der Waals surface area contributed by atoms with Crippen molar-refractivity contribution in [2.45, 2.75) is 6.18 Å². The SMILES string of the molecule is O=Cc1cc(F)c(C(F)(F)F)c(F)c1. The zero-order chi connectivity index (χ0) is 10.9. The van der Waals surface area contributed by atoms with Crippen molar-refractivity contribution in [1.82, 2.24) is 0 Å². The van der Waals surface area contributed by atoms with Crippen molar-refractivity contribution in [3.05, 3.63) is 34.9 Å². The normalized spacial score (nSPS) is 11.5. The molecule has 0 fully saturated rings. The molecule has 1 nitrogen and oxygen atoms in total. The Balaban J connectivity index is 3.40. The zero-order valence-electron chi connectivity index (χ0n) is 6.53. The van der Waals surface area contributed by atoms with Crippen LogP contribution in [0.2, 0.25) is 0 Å². The lowest BCUT2D eigenvalue weighted by Gasteiger charge is -2.08. The molecule has 76 valence electrons. The minimum atomic E-state index is -5.10. The second kappa shape index (κ2) is 3.36. The molecule has 0 aliphatic rings. The molecule has 1 aromatic rings. The van der Waals surface area contributed by atoms with Crippen LogP contribution in [0.3, 0.4) is 0 Å². The lowest BCUT2D eigenvalue weighted by atomic mass is 10.1. The van der Waals surface area contributed by atoms with Crippen LogP contribution in [-0.2, 0) is 6.18 Å². The maximum Gasteiger partial charge on any atom is 0.422 e. The van der Waals surface area contributed by atoms with Gasteiger partial charge in [0.1, 0.15) is 23.5 Å². The Morgan fingerprint density at radius 2 is 1.50 bits per heavy atom. The third-order valence-corrected chi connectivity index (χ3v) is 1.48. The lowest BCUT2D eigenvalue weighted by Crippen LogP contribution is -2.11. The summed E-state index contributed by atoms with van der Waals surface area (Å²) in [6.07, 6.45) is -5.04. The van der Waals surface area contributed by atoms with Gasteiger partial charge in [-0.1, -0.05) is 0 Å². The summed E-state index contributed by atoms with van der Waals surface area (Å²) in [7, 11) is 0. The fourth-order valence-electron chi connectivity index (χ4n) is 0.932. The molecule has 0 atom stereocenters. The predicted molar refractivity (Wildman–Crippen MR) is 36.7 cm³/mol. The van der Waals surface area contributed by atoms with E-state index in [1.165, 1.54) is 0 Å². The highest BCUT2D eigenvalue weighted by Gasteiger charge is 2.37. The van der Waals surface area contributed by atoms with Crippen LogP contribution in [0.15, 0.2) is 12.1 Å². The fourth-order valence-corrected chi connectivity index (χ4v) is 0.932. The summed E-state index contributed by atoms with van der Waals surface area (Å²) < 4.78 is 61.3. The fraction of sp³-hybridized carbons (Fsp3) is 0.125. The van der Waals surface area contributed by atoms with E-state index in [4.69, 9.17) is 0 Å². The Kier molecular flexibility index (Phi) is 2.55. The number of alkyl halides is 3. The molecule has 0 aliphatic heterocycles. The molecule has 0 unspecified atom stereocenters. The van der Waals surface area contributed by atoms with E-state index in [0.29, 0.717) is 12.1 Å². The number of benzene rings is 1. The van der Waals surface area contributed by atoms with Gasteiger partial charge in [0.25, 0.3) is 0 Å². The van der Waals surface area contributed by atoms with Gasteiger partial charge in [-0.3, -0.25) is 4.79 Å². The van der Waals surface area contributed by atoms with Gasteiger partial charge in [-0.05, 0) is 12.1 Å². The van der Waals surface area contributed by atoms with Gasteiger partial charge in [0.05, 0.1) is 0 Å². The topological polar surface area (TPSA) is 17.1 Å². The molecule has 1 aromatic carbocycles. The van der Waals surface area contributed by atoms with E-state index in [1.54, 1.807) is 0 Å². The van der Waals surface area contributed by atoms with Crippen molar-refractivity contribution in [3.63, 3.8) is 0 Å². The minimum absolute atomic E-state index is 0.0618. The zero-order valence-corrected chi connectivity index (χ0v) is 6.53. The van der Waals surface area contributed by atoms with Crippen LogP contribution in [0.25, 0.3) is 0 Å². The van der Waals surface area contributed by atoms with Crippen molar-refractivity contribution >= 4 is 6.29 Å². The summed E-state index contributed by atoms with van der Waals surface area (Å²) in [4.78, 5) is 10.1. The quantitative estimate of drug-likeness (QED) is 0.514. The van der Waals surface area contributed by atoms with Crippen LogP contribution < -0.4 is 0 Å². The van der Waals surface area contributed by atoms with Crippen molar-refractivity contribution < 1.29 is 26.7 Å². The van der Waals surface area contributed by atoms with Crippen molar-refractivity contribution in [2.75, 3.05) is 0 Å². The molecule has 1 rings (SSSR count). The van der Waals surface area contributed by atoms with Crippen LogP contribution in [0, 0.1) is 11.6 Å². The van der Waals surface area contributed by atoms with E-state index in [0.717, 1.165) is 0 Å². The first-order chi connectivity index (χ1) is 6.36. The monoisotopic (exact) mass is 210 g/mol. The molecular weight excluding hydrogens is 207 g/mol. The first kappa shape index (κ1) is 10.6. The van der Waals surface area contributed by atoms with Gasteiger partial charge in [0, 0.05) is 5.56 Å². The molecule has 0 radical (unpaired) electrons. The number of carbonyl (C=O) groups is 1. The largest absolute Gasteiger partial charge is 0.422 e. The highest BCUT2D eigenvalue weighted by Crippen LogP contribution is 2.33. The molecular formula is C8H3F5O. The molecule has 0 N–H and O–H groups in total. The van der Waals surface area contributed by atoms with Crippen LogP contribution in [0.1, 0.15) is 15.9 Å². The van der Waals surface area contributed by atoms with E-state index in [-0.39, 0.29) is 6.29 Å². The van der Waals surface area contributed by atoms with Gasteiger partial charge in [0.15, 0.2) is 0 Å². The maximum absolute atomic E-state index is 12.7. The highest BCUT2D eigenvalue weighted by molar-refractivity contribution is 5.74. The maximum atomic E-state index is 12.7. The molecule has 14 heavy (non-hydrogen) atoms. The van der Waals surface area contributed by atoms with E-state index in [2.05, 4.69) is 0 Å². The Bertz CT molecular complexity index is 345. The molecule has 0 aromatic heterocycles. The summed E-state index contributed by atoms with van der Waals surface area (Å²) >= 11 is 0. The van der Waals surface area contributed by atoms with Crippen LogP contribution in [0.5, 0.6) is 0 Å².